The van der Waals surface area contributed by atoms with Crippen LogP contribution < -0.4 is 15.5 Å². The molecule has 0 saturated carbocycles. The van der Waals surface area contributed by atoms with E-state index in [4.69, 9.17) is 0 Å². The maximum Gasteiger partial charge on any atom is 0.220 e. The lowest BCUT2D eigenvalue weighted by atomic mass is 10.1. The molecule has 1 aliphatic rings. The molecule has 1 aromatic carbocycles. The second-order valence-electron chi connectivity index (χ2n) is 6.62. The van der Waals surface area contributed by atoms with Gasteiger partial charge in [-0.3, -0.25) is 4.79 Å². The van der Waals surface area contributed by atoms with Crippen molar-refractivity contribution >= 4 is 17.5 Å². The van der Waals surface area contributed by atoms with Crippen LogP contribution in [0.4, 0.5) is 11.6 Å². The van der Waals surface area contributed by atoms with Crippen molar-refractivity contribution in [3.63, 3.8) is 0 Å². The van der Waals surface area contributed by atoms with Gasteiger partial charge in [-0.25, -0.2) is 9.97 Å². The van der Waals surface area contributed by atoms with E-state index in [1.165, 1.54) is 18.4 Å². The number of rotatable bonds is 8. The number of carbonyl (C=O) groups excluding carboxylic acids is 1. The van der Waals surface area contributed by atoms with Gasteiger partial charge in [-0.2, -0.15) is 0 Å². The Balaban J connectivity index is 1.39. The third-order valence-electron chi connectivity index (χ3n) is 4.49. The fraction of sp³-hybridized carbons (Fsp3) is 0.450. The first-order valence-corrected chi connectivity index (χ1v) is 9.36. The number of aromatic nitrogens is 2. The van der Waals surface area contributed by atoms with Gasteiger partial charge in [-0.05, 0) is 31.7 Å². The standard InChI is InChI=1S/C20H27N5O/c1-16-23-18(15-19(24-16)25-13-5-6-14-25)21-11-12-22-20(26)10-9-17-7-3-2-4-8-17/h2-4,7-8,15H,5-6,9-14H2,1H3,(H,22,26)(H,21,23,24). The molecule has 1 fully saturated rings. The lowest BCUT2D eigenvalue weighted by molar-refractivity contribution is -0.120. The molecule has 2 heterocycles. The summed E-state index contributed by atoms with van der Waals surface area (Å²) in [6.45, 7) is 5.26. The van der Waals surface area contributed by atoms with Crippen LogP contribution in [-0.4, -0.2) is 42.1 Å². The summed E-state index contributed by atoms with van der Waals surface area (Å²) in [5, 5.41) is 6.24. The molecule has 0 unspecified atom stereocenters. The van der Waals surface area contributed by atoms with Gasteiger partial charge in [0.25, 0.3) is 0 Å². The van der Waals surface area contributed by atoms with E-state index in [2.05, 4.69) is 25.5 Å². The van der Waals surface area contributed by atoms with Gasteiger partial charge in [-0.15, -0.1) is 0 Å². The normalized spacial score (nSPS) is 13.7. The number of nitrogens with one attached hydrogen (secondary N) is 2. The van der Waals surface area contributed by atoms with Gasteiger partial charge >= 0.3 is 0 Å². The first-order chi connectivity index (χ1) is 12.7. The van der Waals surface area contributed by atoms with Gasteiger partial charge in [0, 0.05) is 38.7 Å². The molecule has 1 aromatic heterocycles. The highest BCUT2D eigenvalue weighted by Crippen LogP contribution is 2.20. The summed E-state index contributed by atoms with van der Waals surface area (Å²) in [6, 6.07) is 12.1. The van der Waals surface area contributed by atoms with Crippen molar-refractivity contribution in [1.82, 2.24) is 15.3 Å². The van der Waals surface area contributed by atoms with E-state index in [-0.39, 0.29) is 5.91 Å². The summed E-state index contributed by atoms with van der Waals surface area (Å²) in [6.07, 6.45) is 3.72. The van der Waals surface area contributed by atoms with Gasteiger partial charge in [0.15, 0.2) is 0 Å². The number of benzene rings is 1. The molecular formula is C20H27N5O. The van der Waals surface area contributed by atoms with E-state index in [9.17, 15) is 4.79 Å². The molecule has 2 N–H and O–H groups in total. The number of carbonyl (C=O) groups is 1. The molecule has 1 saturated heterocycles. The predicted octanol–water partition coefficient (Wildman–Crippen LogP) is 2.55. The van der Waals surface area contributed by atoms with Crippen LogP contribution in [0.3, 0.4) is 0 Å². The summed E-state index contributed by atoms with van der Waals surface area (Å²) in [5.41, 5.74) is 1.19. The van der Waals surface area contributed by atoms with Crippen molar-refractivity contribution in [1.29, 1.82) is 0 Å². The van der Waals surface area contributed by atoms with Gasteiger partial charge < -0.3 is 15.5 Å². The first kappa shape index (κ1) is 18.2. The van der Waals surface area contributed by atoms with Gasteiger partial charge in [0.05, 0.1) is 0 Å². The van der Waals surface area contributed by atoms with Crippen LogP contribution in [0.2, 0.25) is 0 Å². The van der Waals surface area contributed by atoms with Crippen molar-refractivity contribution < 1.29 is 4.79 Å². The quantitative estimate of drug-likeness (QED) is 0.714. The zero-order chi connectivity index (χ0) is 18.2. The van der Waals surface area contributed by atoms with Crippen molar-refractivity contribution in [3.8, 4) is 0 Å². The Labute approximate surface area is 155 Å². The fourth-order valence-electron chi connectivity index (χ4n) is 3.13. The van der Waals surface area contributed by atoms with Crippen LogP contribution in [0.5, 0.6) is 0 Å². The monoisotopic (exact) mass is 353 g/mol. The van der Waals surface area contributed by atoms with E-state index >= 15 is 0 Å². The van der Waals surface area contributed by atoms with E-state index in [0.29, 0.717) is 19.5 Å². The van der Waals surface area contributed by atoms with Crippen molar-refractivity contribution in [3.05, 3.63) is 47.8 Å². The van der Waals surface area contributed by atoms with Crippen molar-refractivity contribution in [2.45, 2.75) is 32.6 Å². The minimum absolute atomic E-state index is 0.0762. The molecule has 0 radical (unpaired) electrons. The molecule has 1 aliphatic heterocycles. The van der Waals surface area contributed by atoms with Gasteiger partial charge in [0.2, 0.25) is 5.91 Å². The van der Waals surface area contributed by atoms with Crippen LogP contribution in [0.15, 0.2) is 36.4 Å². The SMILES string of the molecule is Cc1nc(NCCNC(=O)CCc2ccccc2)cc(N2CCCC2)n1. The second kappa shape index (κ2) is 9.17. The summed E-state index contributed by atoms with van der Waals surface area (Å²) < 4.78 is 0. The largest absolute Gasteiger partial charge is 0.368 e. The predicted molar refractivity (Wildman–Crippen MR) is 104 cm³/mol. The summed E-state index contributed by atoms with van der Waals surface area (Å²) in [4.78, 5) is 23.2. The Morgan fingerprint density at radius 2 is 1.88 bits per heavy atom. The van der Waals surface area contributed by atoms with E-state index in [1.807, 2.05) is 43.3 Å². The number of amides is 1. The van der Waals surface area contributed by atoms with E-state index < -0.39 is 0 Å². The highest BCUT2D eigenvalue weighted by atomic mass is 16.1. The maximum atomic E-state index is 11.9. The highest BCUT2D eigenvalue weighted by Gasteiger charge is 2.14. The number of hydrogen-bond donors (Lipinski definition) is 2. The first-order valence-electron chi connectivity index (χ1n) is 9.36. The summed E-state index contributed by atoms with van der Waals surface area (Å²) >= 11 is 0. The Kier molecular flexibility index (Phi) is 6.41. The smallest absolute Gasteiger partial charge is 0.220 e. The number of aryl methyl sites for hydroxylation is 2. The highest BCUT2D eigenvalue weighted by molar-refractivity contribution is 5.76. The molecule has 0 spiro atoms. The van der Waals surface area contributed by atoms with Crippen LogP contribution >= 0.6 is 0 Å². The molecule has 138 valence electrons. The zero-order valence-corrected chi connectivity index (χ0v) is 15.4. The molecule has 0 bridgehead atoms. The van der Waals surface area contributed by atoms with Gasteiger partial charge in [-0.1, -0.05) is 30.3 Å². The molecule has 3 rings (SSSR count). The van der Waals surface area contributed by atoms with E-state index in [0.717, 1.165) is 37.0 Å². The number of nitrogens with zero attached hydrogens (tertiary/aromatic N) is 3. The Hall–Kier alpha value is -2.63. The van der Waals surface area contributed by atoms with Crippen molar-refractivity contribution in [2.24, 2.45) is 0 Å². The molecule has 26 heavy (non-hydrogen) atoms. The Morgan fingerprint density at radius 1 is 1.12 bits per heavy atom. The minimum atomic E-state index is 0.0762. The Morgan fingerprint density at radius 3 is 2.65 bits per heavy atom. The third kappa shape index (κ3) is 5.44. The number of anilines is 2. The zero-order valence-electron chi connectivity index (χ0n) is 15.4. The minimum Gasteiger partial charge on any atom is -0.368 e. The lowest BCUT2D eigenvalue weighted by Gasteiger charge is -2.17. The summed E-state index contributed by atoms with van der Waals surface area (Å²) in [7, 11) is 0. The number of hydrogen-bond acceptors (Lipinski definition) is 5. The molecule has 0 aliphatic carbocycles. The van der Waals surface area contributed by atoms with Crippen LogP contribution in [-0.2, 0) is 11.2 Å². The van der Waals surface area contributed by atoms with Gasteiger partial charge in [0.1, 0.15) is 17.5 Å². The molecular weight excluding hydrogens is 326 g/mol. The molecule has 0 atom stereocenters. The second-order valence-corrected chi connectivity index (χ2v) is 6.62. The van der Waals surface area contributed by atoms with Crippen LogP contribution in [0, 0.1) is 6.92 Å². The van der Waals surface area contributed by atoms with Crippen LogP contribution in [0.25, 0.3) is 0 Å². The third-order valence-corrected chi connectivity index (χ3v) is 4.49. The average molecular weight is 353 g/mol. The Bertz CT molecular complexity index is 713. The topological polar surface area (TPSA) is 70.2 Å². The van der Waals surface area contributed by atoms with Crippen molar-refractivity contribution in [2.75, 3.05) is 36.4 Å². The molecule has 2 aromatic rings. The lowest BCUT2D eigenvalue weighted by Crippen LogP contribution is -2.29. The van der Waals surface area contributed by atoms with Crippen LogP contribution in [0.1, 0.15) is 30.7 Å². The molecule has 1 amide bonds. The van der Waals surface area contributed by atoms with E-state index in [1.54, 1.807) is 0 Å². The fourth-order valence-corrected chi connectivity index (χ4v) is 3.13. The molecule has 6 nitrogen and oxygen atoms in total. The molecule has 6 heteroatoms. The maximum absolute atomic E-state index is 11.9. The average Bonchev–Trinajstić information content (AvgIpc) is 3.19. The summed E-state index contributed by atoms with van der Waals surface area (Å²) in [5.74, 6) is 2.65.